The summed E-state index contributed by atoms with van der Waals surface area (Å²) in [5.74, 6) is 0. The first-order valence-corrected chi connectivity index (χ1v) is 10.8. The smallest absolute Gasteiger partial charge is 0.161 e. The summed E-state index contributed by atoms with van der Waals surface area (Å²) in [6.07, 6.45) is 14.1. The maximum Gasteiger partial charge on any atom is 0.161 e. The van der Waals surface area contributed by atoms with Crippen LogP contribution in [0.2, 0.25) is 0 Å². The Labute approximate surface area is 159 Å². The Kier molecular flexibility index (Phi) is 18.9. The van der Waals surface area contributed by atoms with E-state index in [4.69, 9.17) is 14.2 Å². The highest BCUT2D eigenvalue weighted by molar-refractivity contribution is 9.09. The largest absolute Gasteiger partial charge is 0.353 e. The molecule has 0 amide bonds. The molecule has 0 aromatic rings. The van der Waals surface area contributed by atoms with Gasteiger partial charge in [-0.1, -0.05) is 56.2 Å². The van der Waals surface area contributed by atoms with Gasteiger partial charge in [-0.2, -0.15) is 0 Å². The Bertz CT molecular complexity index is 268. The third-order valence-corrected chi connectivity index (χ3v) is 3.95. The van der Waals surface area contributed by atoms with Crippen LogP contribution in [0.1, 0.15) is 52.4 Å². The molecule has 0 bridgehead atoms. The summed E-state index contributed by atoms with van der Waals surface area (Å²) in [4.78, 5) is 0. The summed E-state index contributed by atoms with van der Waals surface area (Å²) in [6, 6.07) is 0. The Hall–Kier alpha value is 0.320. The lowest BCUT2D eigenvalue weighted by Gasteiger charge is -2.24. The fourth-order valence-electron chi connectivity index (χ4n) is 1.98. The molecule has 0 aliphatic rings. The van der Waals surface area contributed by atoms with Crippen molar-refractivity contribution < 1.29 is 14.2 Å². The van der Waals surface area contributed by atoms with E-state index >= 15 is 0 Å². The maximum atomic E-state index is 6.01. The van der Waals surface area contributed by atoms with Gasteiger partial charge < -0.3 is 14.2 Å². The molecule has 0 radical (unpaired) electrons. The topological polar surface area (TPSA) is 27.7 Å². The molecule has 0 heterocycles. The highest BCUT2D eigenvalue weighted by Gasteiger charge is 2.16. The molecule has 0 aromatic heterocycles. The molecular formula is C18H32Br2O3. The third kappa shape index (κ3) is 15.6. The van der Waals surface area contributed by atoms with Gasteiger partial charge in [-0.3, -0.25) is 0 Å². The summed E-state index contributed by atoms with van der Waals surface area (Å²) in [5.41, 5.74) is 0. The number of rotatable bonds is 16. The van der Waals surface area contributed by atoms with Crippen LogP contribution in [0.3, 0.4) is 0 Å². The summed E-state index contributed by atoms with van der Waals surface area (Å²) in [5, 5.41) is 2.01. The lowest BCUT2D eigenvalue weighted by Crippen LogP contribution is -2.27. The van der Waals surface area contributed by atoms with Crippen molar-refractivity contribution in [1.82, 2.24) is 0 Å². The molecular weight excluding hydrogens is 424 g/mol. The molecule has 0 fully saturated rings. The Morgan fingerprint density at radius 1 is 0.696 bits per heavy atom. The van der Waals surface area contributed by atoms with Crippen LogP contribution in [0.5, 0.6) is 0 Å². The predicted molar refractivity (Wildman–Crippen MR) is 105 cm³/mol. The van der Waals surface area contributed by atoms with E-state index in [9.17, 15) is 0 Å². The first-order chi connectivity index (χ1) is 11.3. The zero-order valence-corrected chi connectivity index (χ0v) is 17.7. The van der Waals surface area contributed by atoms with Gasteiger partial charge in [0.2, 0.25) is 0 Å². The van der Waals surface area contributed by atoms with Gasteiger partial charge in [-0.05, 0) is 39.5 Å². The SMILES string of the molecule is CCOC(CC/C=C/CCBr)OC(CC/C=C/CCBr)OCC. The van der Waals surface area contributed by atoms with Crippen LogP contribution >= 0.6 is 31.9 Å². The summed E-state index contributed by atoms with van der Waals surface area (Å²) in [7, 11) is 0. The standard InChI is InChI=1S/C18H32Br2O3/c1-3-21-17(13-9-5-7-11-15-19)23-18(22-4-2)14-10-6-8-12-16-20/h5-8,17-18H,3-4,9-16H2,1-2H3/b7-5+,8-6+. The Morgan fingerprint density at radius 3 is 1.43 bits per heavy atom. The van der Waals surface area contributed by atoms with E-state index in [0.29, 0.717) is 13.2 Å². The minimum Gasteiger partial charge on any atom is -0.353 e. The van der Waals surface area contributed by atoms with Gasteiger partial charge in [-0.15, -0.1) is 0 Å². The monoisotopic (exact) mass is 454 g/mol. The first-order valence-electron chi connectivity index (χ1n) is 8.59. The molecule has 0 aliphatic heterocycles. The molecule has 0 rings (SSSR count). The third-order valence-electron chi connectivity index (χ3n) is 3.03. The second-order valence-electron chi connectivity index (χ2n) is 4.96. The van der Waals surface area contributed by atoms with Crippen LogP contribution in [0, 0.1) is 0 Å². The molecule has 2 atom stereocenters. The summed E-state index contributed by atoms with van der Waals surface area (Å²) >= 11 is 6.84. The molecule has 136 valence electrons. The predicted octanol–water partition coefficient (Wildman–Crippen LogP) is 5.97. The van der Waals surface area contributed by atoms with Crippen molar-refractivity contribution in [3.05, 3.63) is 24.3 Å². The fourth-order valence-corrected chi connectivity index (χ4v) is 2.51. The van der Waals surface area contributed by atoms with Crippen LogP contribution in [0.15, 0.2) is 24.3 Å². The Balaban J connectivity index is 4.21. The van der Waals surface area contributed by atoms with Gasteiger partial charge in [0.25, 0.3) is 0 Å². The quantitative estimate of drug-likeness (QED) is 0.163. The molecule has 0 saturated carbocycles. The van der Waals surface area contributed by atoms with E-state index in [2.05, 4.69) is 56.2 Å². The second kappa shape index (κ2) is 18.7. The minimum absolute atomic E-state index is 0.198. The number of halogens is 2. The van der Waals surface area contributed by atoms with Gasteiger partial charge in [0.05, 0.1) is 0 Å². The lowest BCUT2D eigenvalue weighted by atomic mass is 10.2. The van der Waals surface area contributed by atoms with Crippen molar-refractivity contribution in [2.75, 3.05) is 23.9 Å². The minimum atomic E-state index is -0.198. The number of allylic oxidation sites excluding steroid dienone is 4. The highest BCUT2D eigenvalue weighted by Crippen LogP contribution is 2.14. The van der Waals surface area contributed by atoms with Crippen molar-refractivity contribution in [1.29, 1.82) is 0 Å². The van der Waals surface area contributed by atoms with Crippen molar-refractivity contribution >= 4 is 31.9 Å². The zero-order valence-electron chi connectivity index (χ0n) is 14.5. The molecule has 3 nitrogen and oxygen atoms in total. The molecule has 23 heavy (non-hydrogen) atoms. The molecule has 0 aliphatic carbocycles. The molecule has 2 unspecified atom stereocenters. The zero-order chi connectivity index (χ0) is 17.2. The molecule has 0 spiro atoms. The van der Waals surface area contributed by atoms with Crippen LogP contribution in [-0.4, -0.2) is 36.5 Å². The van der Waals surface area contributed by atoms with Crippen molar-refractivity contribution in [2.24, 2.45) is 0 Å². The van der Waals surface area contributed by atoms with Crippen molar-refractivity contribution in [3.8, 4) is 0 Å². The summed E-state index contributed by atoms with van der Waals surface area (Å²) < 4.78 is 17.4. The van der Waals surface area contributed by atoms with Gasteiger partial charge >= 0.3 is 0 Å². The van der Waals surface area contributed by atoms with Gasteiger partial charge in [0.15, 0.2) is 12.6 Å². The number of alkyl halides is 2. The highest BCUT2D eigenvalue weighted by atomic mass is 79.9. The molecule has 0 N–H and O–H groups in total. The number of hydrogen-bond acceptors (Lipinski definition) is 3. The maximum absolute atomic E-state index is 6.01. The van der Waals surface area contributed by atoms with E-state index < -0.39 is 0 Å². The average Bonchev–Trinajstić information content (AvgIpc) is 2.54. The van der Waals surface area contributed by atoms with E-state index in [1.807, 2.05) is 13.8 Å². The van der Waals surface area contributed by atoms with Crippen molar-refractivity contribution in [2.45, 2.75) is 65.0 Å². The van der Waals surface area contributed by atoms with Crippen LogP contribution in [0.4, 0.5) is 0 Å². The van der Waals surface area contributed by atoms with E-state index in [-0.39, 0.29) is 12.6 Å². The van der Waals surface area contributed by atoms with E-state index in [1.54, 1.807) is 0 Å². The average molecular weight is 456 g/mol. The van der Waals surface area contributed by atoms with E-state index in [0.717, 1.165) is 49.2 Å². The van der Waals surface area contributed by atoms with Gasteiger partial charge in [0.1, 0.15) is 0 Å². The lowest BCUT2D eigenvalue weighted by molar-refractivity contribution is -0.246. The fraction of sp³-hybridized carbons (Fsp3) is 0.778. The molecule has 5 heteroatoms. The van der Waals surface area contributed by atoms with Crippen molar-refractivity contribution in [3.63, 3.8) is 0 Å². The first kappa shape index (κ1) is 23.3. The molecule has 0 saturated heterocycles. The van der Waals surface area contributed by atoms with Gasteiger partial charge in [0, 0.05) is 36.7 Å². The van der Waals surface area contributed by atoms with Crippen LogP contribution < -0.4 is 0 Å². The second-order valence-corrected chi connectivity index (χ2v) is 6.54. The van der Waals surface area contributed by atoms with E-state index in [1.165, 1.54) is 0 Å². The summed E-state index contributed by atoms with van der Waals surface area (Å²) in [6.45, 7) is 5.30. The normalized spacial score (nSPS) is 14.8. The van der Waals surface area contributed by atoms with Crippen LogP contribution in [0.25, 0.3) is 0 Å². The molecule has 0 aromatic carbocycles. The van der Waals surface area contributed by atoms with Gasteiger partial charge in [-0.25, -0.2) is 0 Å². The Morgan fingerprint density at radius 2 is 1.09 bits per heavy atom. The number of hydrogen-bond donors (Lipinski definition) is 0. The van der Waals surface area contributed by atoms with Crippen LogP contribution in [-0.2, 0) is 14.2 Å². The number of ether oxygens (including phenoxy) is 3.